The molecular formula is C26H34N4O9S2. The fourth-order valence-corrected chi connectivity index (χ4v) is 8.22. The van der Waals surface area contributed by atoms with E-state index in [1.807, 2.05) is 6.92 Å². The molecule has 1 saturated carbocycles. The third-order valence-electron chi connectivity index (χ3n) is 7.89. The number of esters is 1. The van der Waals surface area contributed by atoms with Crippen LogP contribution >= 0.6 is 11.3 Å². The summed E-state index contributed by atoms with van der Waals surface area (Å²) in [5, 5.41) is 10.1. The Labute approximate surface area is 241 Å². The number of aromatic nitrogens is 2. The van der Waals surface area contributed by atoms with Crippen molar-refractivity contribution in [2.24, 2.45) is 11.8 Å². The van der Waals surface area contributed by atoms with E-state index in [9.17, 15) is 27.9 Å². The van der Waals surface area contributed by atoms with Crippen LogP contribution in [0, 0.1) is 11.8 Å². The summed E-state index contributed by atoms with van der Waals surface area (Å²) in [7, 11) is -1.00. The van der Waals surface area contributed by atoms with Gasteiger partial charge in [-0.3, -0.25) is 9.20 Å². The molecule has 0 unspecified atom stereocenters. The molecule has 2 aliphatic heterocycles. The molecule has 41 heavy (non-hydrogen) atoms. The average Bonchev–Trinajstić information content (AvgIpc) is 3.56. The molecule has 15 heteroatoms. The number of carbonyl (C=O) groups excluding carboxylic acids is 3. The Balaban J connectivity index is 1.37. The molecule has 2 aromatic rings. The third kappa shape index (κ3) is 5.24. The van der Waals surface area contributed by atoms with Crippen LogP contribution in [0.15, 0.2) is 23.2 Å². The van der Waals surface area contributed by atoms with Gasteiger partial charge in [0.15, 0.2) is 0 Å². The van der Waals surface area contributed by atoms with Gasteiger partial charge in [0.25, 0.3) is 10.0 Å². The molecule has 1 amide bonds. The first-order valence-electron chi connectivity index (χ1n) is 13.6. The van der Waals surface area contributed by atoms with Gasteiger partial charge in [-0.15, -0.1) is 11.3 Å². The fraction of sp³-hybridized carbons (Fsp3) is 0.615. The van der Waals surface area contributed by atoms with Crippen molar-refractivity contribution >= 4 is 49.8 Å². The number of rotatable bonds is 9. The highest BCUT2D eigenvalue weighted by Crippen LogP contribution is 2.52. The zero-order chi connectivity index (χ0) is 29.6. The van der Waals surface area contributed by atoms with Crippen LogP contribution in [0.1, 0.15) is 50.8 Å². The second-order valence-electron chi connectivity index (χ2n) is 10.8. The maximum atomic E-state index is 13.4. The Morgan fingerprint density at radius 2 is 1.88 bits per heavy atom. The van der Waals surface area contributed by atoms with Crippen molar-refractivity contribution in [1.29, 1.82) is 0 Å². The zero-order valence-corrected chi connectivity index (χ0v) is 24.9. The summed E-state index contributed by atoms with van der Waals surface area (Å²) in [5.74, 6) is -2.23. The molecule has 0 spiro atoms. The minimum atomic E-state index is -3.83. The number of nitrogens with zero attached hydrogens (tertiary/aromatic N) is 4. The number of fused-ring (bicyclic) bond motifs is 2. The lowest BCUT2D eigenvalue weighted by atomic mass is 9.77. The summed E-state index contributed by atoms with van der Waals surface area (Å²) in [5.41, 5.74) is 0.541. The number of sulfonamides is 1. The topological polar surface area (TPSA) is 157 Å². The predicted octanol–water partition coefficient (Wildman–Crippen LogP) is 2.24. The number of amides is 1. The molecule has 224 valence electrons. The fourth-order valence-electron chi connectivity index (χ4n) is 5.82. The van der Waals surface area contributed by atoms with Gasteiger partial charge in [0.2, 0.25) is 10.9 Å². The van der Waals surface area contributed by atoms with Gasteiger partial charge in [-0.25, -0.2) is 27.3 Å². The molecular weight excluding hydrogens is 576 g/mol. The molecule has 1 N–H and O–H groups in total. The average molecular weight is 611 g/mol. The predicted molar refractivity (Wildman–Crippen MR) is 146 cm³/mol. The maximum absolute atomic E-state index is 13.4. The van der Waals surface area contributed by atoms with E-state index in [0.717, 1.165) is 47.7 Å². The number of thiazole rings is 1. The Morgan fingerprint density at radius 1 is 1.20 bits per heavy atom. The van der Waals surface area contributed by atoms with Gasteiger partial charge in [0, 0.05) is 31.8 Å². The molecule has 0 aromatic carbocycles. The highest BCUT2D eigenvalue weighted by atomic mass is 32.2. The number of ether oxygens (including phenoxy) is 3. The van der Waals surface area contributed by atoms with Crippen LogP contribution in [0.4, 0.5) is 4.79 Å². The van der Waals surface area contributed by atoms with E-state index in [2.05, 4.69) is 4.98 Å². The normalized spacial score (nSPS) is 24.0. The number of carbonyl (C=O) groups is 3. The SMILES string of the molecule is C[C@@H](O)[C@H]1C(=O)N2C(C(=O)OCCOC(=O)OC3CCCCC3)=C(c3cn4cnc(S(=O)(=O)N(C)C)c4s3)[C@H](C)[C@H]12. The number of hydrogen-bond donors (Lipinski definition) is 1. The Morgan fingerprint density at radius 3 is 2.54 bits per heavy atom. The van der Waals surface area contributed by atoms with Gasteiger partial charge in [-0.2, -0.15) is 0 Å². The van der Waals surface area contributed by atoms with Gasteiger partial charge in [0.1, 0.15) is 36.2 Å². The summed E-state index contributed by atoms with van der Waals surface area (Å²) >= 11 is 1.13. The highest BCUT2D eigenvalue weighted by Gasteiger charge is 2.60. The zero-order valence-electron chi connectivity index (χ0n) is 23.3. The van der Waals surface area contributed by atoms with Crippen LogP contribution in [0.25, 0.3) is 10.4 Å². The standard InChI is InChI=1S/C26H34N4O9S2/c1-14-18(17-12-29-13-27-22(24(29)40-17)41(35,36)28(3)4)21(30-20(14)19(15(2)31)23(30)32)25(33)37-10-11-38-26(34)39-16-8-6-5-7-9-16/h12-16,19-20,31H,5-11H2,1-4H3/t14-,15+,19+,20+/m0/s1. The molecule has 4 atom stereocenters. The Hall–Kier alpha value is -3.01. The van der Waals surface area contributed by atoms with Crippen LogP contribution in [-0.2, 0) is 33.8 Å². The van der Waals surface area contributed by atoms with E-state index >= 15 is 0 Å². The van der Waals surface area contributed by atoms with Crippen LogP contribution in [-0.4, -0.2) is 95.7 Å². The van der Waals surface area contributed by atoms with Crippen molar-refractivity contribution < 1.29 is 42.1 Å². The lowest BCUT2D eigenvalue weighted by Gasteiger charge is -2.46. The molecule has 4 heterocycles. The minimum Gasteiger partial charge on any atom is -0.457 e. The van der Waals surface area contributed by atoms with Crippen molar-refractivity contribution in [2.45, 2.75) is 69.2 Å². The van der Waals surface area contributed by atoms with Crippen molar-refractivity contribution in [3.05, 3.63) is 23.1 Å². The third-order valence-corrected chi connectivity index (χ3v) is 10.9. The number of aliphatic hydroxyl groups excluding tert-OH is 1. The number of aliphatic hydroxyl groups is 1. The minimum absolute atomic E-state index is 0.0312. The summed E-state index contributed by atoms with van der Waals surface area (Å²) < 4.78 is 44.0. The quantitative estimate of drug-likeness (QED) is 0.254. The van der Waals surface area contributed by atoms with Crippen molar-refractivity contribution in [3.63, 3.8) is 0 Å². The largest absolute Gasteiger partial charge is 0.508 e. The monoisotopic (exact) mass is 610 g/mol. The van der Waals surface area contributed by atoms with Crippen LogP contribution < -0.4 is 0 Å². The molecule has 0 bridgehead atoms. The first kappa shape index (κ1) is 29.5. The summed E-state index contributed by atoms with van der Waals surface area (Å²) in [4.78, 5) is 44.8. The van der Waals surface area contributed by atoms with Crippen molar-refractivity contribution in [3.8, 4) is 0 Å². The first-order chi connectivity index (χ1) is 19.4. The van der Waals surface area contributed by atoms with Crippen molar-refractivity contribution in [1.82, 2.24) is 18.6 Å². The van der Waals surface area contributed by atoms with Crippen LogP contribution in [0.3, 0.4) is 0 Å². The van der Waals surface area contributed by atoms with E-state index in [0.29, 0.717) is 15.3 Å². The lowest BCUT2D eigenvalue weighted by Crippen LogP contribution is -2.63. The summed E-state index contributed by atoms with van der Waals surface area (Å²) in [6.45, 7) is 2.91. The molecule has 1 saturated heterocycles. The Bertz CT molecular complexity index is 1490. The number of hydrogen-bond acceptors (Lipinski definition) is 11. The summed E-state index contributed by atoms with van der Waals surface area (Å²) in [6, 6.07) is -0.466. The van der Waals surface area contributed by atoms with Gasteiger partial charge in [-0.1, -0.05) is 13.3 Å². The van der Waals surface area contributed by atoms with Crippen LogP contribution in [0.5, 0.6) is 0 Å². The number of imidazole rings is 1. The van der Waals surface area contributed by atoms with E-state index < -0.39 is 46.1 Å². The van der Waals surface area contributed by atoms with E-state index in [1.54, 1.807) is 10.6 Å². The molecule has 13 nitrogen and oxygen atoms in total. The first-order valence-corrected chi connectivity index (χ1v) is 15.8. The second kappa shape index (κ2) is 11.3. The second-order valence-corrected chi connectivity index (χ2v) is 13.9. The van der Waals surface area contributed by atoms with Gasteiger partial charge >= 0.3 is 12.1 Å². The van der Waals surface area contributed by atoms with E-state index in [1.165, 1.54) is 32.2 Å². The summed E-state index contributed by atoms with van der Waals surface area (Å²) in [6.07, 6.45) is 5.87. The molecule has 3 aliphatic rings. The Kier molecular flexibility index (Phi) is 8.16. The van der Waals surface area contributed by atoms with E-state index in [4.69, 9.17) is 14.2 Å². The highest BCUT2D eigenvalue weighted by molar-refractivity contribution is 7.89. The van der Waals surface area contributed by atoms with Gasteiger partial charge < -0.3 is 24.2 Å². The van der Waals surface area contributed by atoms with Gasteiger partial charge in [0.05, 0.1) is 22.9 Å². The molecule has 5 rings (SSSR count). The molecule has 2 aromatic heterocycles. The lowest BCUT2D eigenvalue weighted by molar-refractivity contribution is -0.164. The van der Waals surface area contributed by atoms with Crippen molar-refractivity contribution in [2.75, 3.05) is 27.3 Å². The van der Waals surface area contributed by atoms with E-state index in [-0.39, 0.29) is 36.0 Å². The maximum Gasteiger partial charge on any atom is 0.508 e. The van der Waals surface area contributed by atoms with Crippen LogP contribution in [0.2, 0.25) is 0 Å². The molecule has 2 fully saturated rings. The molecule has 0 radical (unpaired) electrons. The van der Waals surface area contributed by atoms with Gasteiger partial charge in [-0.05, 0) is 32.6 Å². The number of β-lactam (4-membered cyclic amide) rings is 1. The molecule has 1 aliphatic carbocycles. The smallest absolute Gasteiger partial charge is 0.457 e.